The number of nitrogens with two attached hydrogens (primary N) is 1. The summed E-state index contributed by atoms with van der Waals surface area (Å²) in [7, 11) is 0. The van der Waals surface area contributed by atoms with Crippen LogP contribution in [0, 0.1) is 17.5 Å². The molecule has 96 valence electrons. The van der Waals surface area contributed by atoms with Crippen LogP contribution in [0.25, 0.3) is 22.4 Å². The molecule has 1 aromatic carbocycles. The maximum absolute atomic E-state index is 13.5. The quantitative estimate of drug-likeness (QED) is 0.705. The Kier molecular flexibility index (Phi) is 2.37. The maximum Gasteiger partial charge on any atom is 0.183 e. The van der Waals surface area contributed by atoms with Crippen molar-refractivity contribution >= 4 is 16.7 Å². The lowest BCUT2D eigenvalue weighted by atomic mass is 10.2. The van der Waals surface area contributed by atoms with E-state index in [2.05, 4.69) is 20.2 Å². The maximum atomic E-state index is 13.5. The second kappa shape index (κ2) is 3.94. The number of hydrogen-bond donors (Lipinski definition) is 2. The lowest BCUT2D eigenvalue weighted by molar-refractivity contribution is 0.590. The van der Waals surface area contributed by atoms with Crippen LogP contribution in [0.15, 0.2) is 18.3 Å². The molecule has 5 nitrogen and oxygen atoms in total. The highest BCUT2D eigenvalue weighted by molar-refractivity contribution is 5.91. The van der Waals surface area contributed by atoms with Gasteiger partial charge < -0.3 is 5.73 Å². The number of halogens is 3. The molecule has 0 unspecified atom stereocenters. The summed E-state index contributed by atoms with van der Waals surface area (Å²) in [5, 5.41) is 6.37. The Bertz CT molecular complexity index is 783. The predicted molar refractivity (Wildman–Crippen MR) is 61.4 cm³/mol. The van der Waals surface area contributed by atoms with E-state index in [-0.39, 0.29) is 28.2 Å². The summed E-state index contributed by atoms with van der Waals surface area (Å²) in [6.07, 6.45) is 0.869. The lowest BCUT2D eigenvalue weighted by Gasteiger charge is -1.99. The first-order valence-electron chi connectivity index (χ1n) is 5.18. The first-order chi connectivity index (χ1) is 9.06. The van der Waals surface area contributed by atoms with Crippen molar-refractivity contribution in [2.45, 2.75) is 0 Å². The minimum atomic E-state index is -0.788. The number of benzene rings is 1. The highest BCUT2D eigenvalue weighted by atomic mass is 19.1. The number of nitrogens with one attached hydrogen (secondary N) is 1. The average molecular weight is 265 g/mol. The average Bonchev–Trinajstić information content (AvgIpc) is 2.76. The first-order valence-corrected chi connectivity index (χ1v) is 5.18. The van der Waals surface area contributed by atoms with Crippen molar-refractivity contribution in [2.24, 2.45) is 0 Å². The summed E-state index contributed by atoms with van der Waals surface area (Å²) in [5.41, 5.74) is 5.43. The van der Waals surface area contributed by atoms with Crippen LogP contribution in [0.5, 0.6) is 0 Å². The molecular weight excluding hydrogens is 259 g/mol. The third kappa shape index (κ3) is 1.77. The third-order valence-electron chi connectivity index (χ3n) is 2.57. The zero-order valence-electron chi connectivity index (χ0n) is 9.28. The molecule has 0 amide bonds. The van der Waals surface area contributed by atoms with Crippen LogP contribution < -0.4 is 5.73 Å². The molecule has 0 radical (unpaired) electrons. The van der Waals surface area contributed by atoms with Crippen molar-refractivity contribution in [3.8, 4) is 11.5 Å². The Hall–Kier alpha value is -2.64. The normalized spacial score (nSPS) is 11.1. The topological polar surface area (TPSA) is 80.5 Å². The second-order valence-electron chi connectivity index (χ2n) is 3.81. The van der Waals surface area contributed by atoms with E-state index in [1.54, 1.807) is 0 Å². The van der Waals surface area contributed by atoms with Gasteiger partial charge >= 0.3 is 0 Å². The largest absolute Gasteiger partial charge is 0.381 e. The minimum Gasteiger partial charge on any atom is -0.381 e. The van der Waals surface area contributed by atoms with Crippen molar-refractivity contribution < 1.29 is 13.2 Å². The van der Waals surface area contributed by atoms with E-state index < -0.39 is 17.5 Å². The van der Waals surface area contributed by atoms with Gasteiger partial charge in [-0.15, -0.1) is 0 Å². The van der Waals surface area contributed by atoms with Crippen LogP contribution in [0.1, 0.15) is 0 Å². The van der Waals surface area contributed by atoms with Crippen molar-refractivity contribution in [1.82, 2.24) is 20.2 Å². The zero-order valence-corrected chi connectivity index (χ0v) is 9.28. The first kappa shape index (κ1) is 11.5. The van der Waals surface area contributed by atoms with Gasteiger partial charge in [0.2, 0.25) is 0 Å². The fraction of sp³-hybridized carbons (Fsp3) is 0. The second-order valence-corrected chi connectivity index (χ2v) is 3.81. The van der Waals surface area contributed by atoms with E-state index in [0.29, 0.717) is 0 Å². The van der Waals surface area contributed by atoms with Crippen LogP contribution in [-0.4, -0.2) is 20.2 Å². The minimum absolute atomic E-state index is 0.0166. The van der Waals surface area contributed by atoms with E-state index in [1.807, 2.05) is 0 Å². The molecule has 19 heavy (non-hydrogen) atoms. The molecule has 0 bridgehead atoms. The highest BCUT2D eigenvalue weighted by Crippen LogP contribution is 2.26. The Morgan fingerprint density at radius 2 is 1.89 bits per heavy atom. The van der Waals surface area contributed by atoms with Crippen LogP contribution in [-0.2, 0) is 0 Å². The Morgan fingerprint density at radius 1 is 1.11 bits per heavy atom. The van der Waals surface area contributed by atoms with Gasteiger partial charge in [0.05, 0.1) is 6.20 Å². The third-order valence-corrected chi connectivity index (χ3v) is 2.57. The van der Waals surface area contributed by atoms with Gasteiger partial charge in [-0.05, 0) is 6.07 Å². The van der Waals surface area contributed by atoms with Gasteiger partial charge in [0.15, 0.2) is 23.3 Å². The highest BCUT2D eigenvalue weighted by Gasteiger charge is 2.16. The molecule has 0 atom stereocenters. The van der Waals surface area contributed by atoms with E-state index in [9.17, 15) is 13.2 Å². The van der Waals surface area contributed by atoms with Gasteiger partial charge in [0.1, 0.15) is 17.0 Å². The summed E-state index contributed by atoms with van der Waals surface area (Å²) < 4.78 is 39.7. The van der Waals surface area contributed by atoms with Gasteiger partial charge in [-0.1, -0.05) is 0 Å². The number of rotatable bonds is 1. The van der Waals surface area contributed by atoms with Crippen LogP contribution in [0.4, 0.5) is 19.0 Å². The van der Waals surface area contributed by atoms with Gasteiger partial charge in [-0.25, -0.2) is 23.1 Å². The van der Waals surface area contributed by atoms with E-state index in [0.717, 1.165) is 18.3 Å². The van der Waals surface area contributed by atoms with Gasteiger partial charge in [-0.2, -0.15) is 5.10 Å². The van der Waals surface area contributed by atoms with Crippen molar-refractivity contribution in [1.29, 1.82) is 0 Å². The molecule has 0 aliphatic rings. The molecule has 3 rings (SSSR count). The number of H-pyrrole nitrogens is 1. The molecule has 0 saturated carbocycles. The Morgan fingerprint density at radius 3 is 2.63 bits per heavy atom. The van der Waals surface area contributed by atoms with Gasteiger partial charge in [0, 0.05) is 11.5 Å². The Labute approximate surface area is 104 Å². The molecule has 0 aliphatic heterocycles. The number of fused-ring (bicyclic) bond motifs is 1. The molecule has 0 spiro atoms. The molecule has 0 saturated heterocycles. The summed E-state index contributed by atoms with van der Waals surface area (Å²) in [6, 6.07) is 1.81. The molecule has 0 fully saturated rings. The number of aromatic nitrogens is 4. The van der Waals surface area contributed by atoms with Gasteiger partial charge in [0.25, 0.3) is 0 Å². The summed E-state index contributed by atoms with van der Waals surface area (Å²) >= 11 is 0. The monoisotopic (exact) mass is 265 g/mol. The standard InChI is InChI=1S/C11H6F3N5/c12-4-1-5-8(6(13)2-4)18-19-9(5)11-16-3-7(14)10(15)17-11/h1-3H,(H,18,19)(H2,15,16,17). The molecule has 3 aromatic rings. The number of anilines is 1. The molecule has 0 aliphatic carbocycles. The smallest absolute Gasteiger partial charge is 0.183 e. The zero-order chi connectivity index (χ0) is 13.6. The van der Waals surface area contributed by atoms with Crippen LogP contribution in [0.3, 0.4) is 0 Å². The summed E-state index contributed by atoms with van der Waals surface area (Å²) in [4.78, 5) is 7.39. The van der Waals surface area contributed by atoms with Crippen molar-refractivity contribution in [2.75, 3.05) is 5.73 Å². The predicted octanol–water partition coefficient (Wildman–Crippen LogP) is 2.02. The van der Waals surface area contributed by atoms with Crippen LogP contribution >= 0.6 is 0 Å². The van der Waals surface area contributed by atoms with Crippen LogP contribution in [0.2, 0.25) is 0 Å². The fourth-order valence-electron chi connectivity index (χ4n) is 1.71. The molecule has 3 N–H and O–H groups in total. The fourth-order valence-corrected chi connectivity index (χ4v) is 1.71. The molecule has 2 heterocycles. The van der Waals surface area contributed by atoms with Gasteiger partial charge in [-0.3, -0.25) is 5.10 Å². The molecule has 2 aromatic heterocycles. The number of hydrogen-bond acceptors (Lipinski definition) is 4. The van der Waals surface area contributed by atoms with E-state index in [1.165, 1.54) is 0 Å². The number of nitrogens with zero attached hydrogens (tertiary/aromatic N) is 3. The summed E-state index contributed by atoms with van der Waals surface area (Å²) in [5.74, 6) is -2.71. The van der Waals surface area contributed by atoms with E-state index in [4.69, 9.17) is 5.73 Å². The molecule has 8 heteroatoms. The summed E-state index contributed by atoms with van der Waals surface area (Å²) in [6.45, 7) is 0. The SMILES string of the molecule is Nc1nc(-c2n[nH]c3c(F)cc(F)cc23)ncc1F. The lowest BCUT2D eigenvalue weighted by Crippen LogP contribution is -1.99. The van der Waals surface area contributed by atoms with E-state index >= 15 is 0 Å². The van der Waals surface area contributed by atoms with Crippen molar-refractivity contribution in [3.05, 3.63) is 35.8 Å². The van der Waals surface area contributed by atoms with Crippen molar-refractivity contribution in [3.63, 3.8) is 0 Å². The number of aromatic amines is 1. The number of nitrogen functional groups attached to an aromatic ring is 1. The molecular formula is C11H6F3N5. The Balaban J connectivity index is 2.28.